The maximum absolute atomic E-state index is 5.98. The molecular formula is C20H32IN3O2. The summed E-state index contributed by atoms with van der Waals surface area (Å²) in [5.41, 5.74) is 1.16. The minimum Gasteiger partial charge on any atom is -0.373 e. The number of nitrogens with zero attached hydrogens (tertiary/aromatic N) is 1. The van der Waals surface area contributed by atoms with E-state index in [1.165, 1.54) is 5.56 Å². The van der Waals surface area contributed by atoms with Gasteiger partial charge in [0.1, 0.15) is 0 Å². The second kappa shape index (κ2) is 10.5. The maximum atomic E-state index is 5.98. The molecule has 0 saturated carbocycles. The lowest BCUT2D eigenvalue weighted by Crippen LogP contribution is -2.41. The van der Waals surface area contributed by atoms with Crippen LogP contribution >= 0.6 is 24.0 Å². The summed E-state index contributed by atoms with van der Waals surface area (Å²) in [5, 5.41) is 6.85. The summed E-state index contributed by atoms with van der Waals surface area (Å²) in [6.45, 7) is 8.35. The zero-order valence-electron chi connectivity index (χ0n) is 15.9. The Kier molecular flexibility index (Phi) is 8.63. The molecule has 1 aromatic carbocycles. The van der Waals surface area contributed by atoms with Gasteiger partial charge >= 0.3 is 0 Å². The number of halogens is 1. The zero-order valence-corrected chi connectivity index (χ0v) is 18.2. The van der Waals surface area contributed by atoms with Gasteiger partial charge in [0.15, 0.2) is 5.96 Å². The molecule has 2 aliphatic heterocycles. The van der Waals surface area contributed by atoms with E-state index in [0.717, 1.165) is 51.5 Å². The molecule has 2 N–H and O–H groups in total. The molecule has 5 nitrogen and oxygen atoms in total. The van der Waals surface area contributed by atoms with Gasteiger partial charge in [0.05, 0.1) is 18.2 Å². The van der Waals surface area contributed by atoms with Crippen LogP contribution in [0, 0.1) is 5.92 Å². The van der Waals surface area contributed by atoms with Gasteiger partial charge < -0.3 is 20.1 Å². The van der Waals surface area contributed by atoms with E-state index in [-0.39, 0.29) is 35.7 Å². The number of aliphatic imine (C=N–C) groups is 1. The van der Waals surface area contributed by atoms with Crippen molar-refractivity contribution in [3.8, 4) is 0 Å². The fraction of sp³-hybridized carbons (Fsp3) is 0.650. The van der Waals surface area contributed by atoms with Crippen LogP contribution in [0.5, 0.6) is 0 Å². The Labute approximate surface area is 174 Å². The predicted octanol–water partition coefficient (Wildman–Crippen LogP) is 3.51. The average Bonchev–Trinajstić information content (AvgIpc) is 3.28. The molecule has 2 heterocycles. The van der Waals surface area contributed by atoms with Crippen LogP contribution in [-0.2, 0) is 9.47 Å². The molecule has 3 rings (SSSR count). The van der Waals surface area contributed by atoms with Crippen LogP contribution in [-0.4, -0.2) is 44.4 Å². The third-order valence-corrected chi connectivity index (χ3v) is 5.09. The fourth-order valence-electron chi connectivity index (χ4n) is 3.63. The molecule has 2 saturated heterocycles. The molecule has 0 spiro atoms. The van der Waals surface area contributed by atoms with Crippen molar-refractivity contribution < 1.29 is 9.47 Å². The standard InChI is InChI=1S/C20H31N3O2.HI/c1-3-21-19(23-15-20(2)11-7-12-25-20)22-14-17-10-13-24-18(17)16-8-5-4-6-9-16;/h4-6,8-9,17-18H,3,7,10-15H2,1-2H3,(H2,21,22,23);1H. The molecule has 0 aliphatic carbocycles. The normalized spacial score (nSPS) is 28.6. The van der Waals surface area contributed by atoms with Crippen LogP contribution in [0.15, 0.2) is 35.3 Å². The molecule has 0 amide bonds. The molecule has 2 aliphatic rings. The van der Waals surface area contributed by atoms with Crippen LogP contribution in [0.3, 0.4) is 0 Å². The Morgan fingerprint density at radius 2 is 2.04 bits per heavy atom. The van der Waals surface area contributed by atoms with E-state index in [4.69, 9.17) is 14.5 Å². The van der Waals surface area contributed by atoms with E-state index in [1.807, 2.05) is 6.07 Å². The van der Waals surface area contributed by atoms with Gasteiger partial charge in [-0.1, -0.05) is 30.3 Å². The summed E-state index contributed by atoms with van der Waals surface area (Å²) in [6, 6.07) is 10.5. The van der Waals surface area contributed by atoms with E-state index in [0.29, 0.717) is 12.5 Å². The van der Waals surface area contributed by atoms with E-state index >= 15 is 0 Å². The highest BCUT2D eigenvalue weighted by Gasteiger charge is 2.31. The van der Waals surface area contributed by atoms with Gasteiger partial charge in [-0.25, -0.2) is 0 Å². The van der Waals surface area contributed by atoms with Crippen molar-refractivity contribution in [3.05, 3.63) is 35.9 Å². The number of hydrogen-bond donors (Lipinski definition) is 2. The third kappa shape index (κ3) is 5.82. The lowest BCUT2D eigenvalue weighted by Gasteiger charge is -2.23. The molecule has 0 bridgehead atoms. The van der Waals surface area contributed by atoms with Crippen molar-refractivity contribution in [2.24, 2.45) is 10.9 Å². The van der Waals surface area contributed by atoms with E-state index < -0.39 is 0 Å². The molecular weight excluding hydrogens is 441 g/mol. The molecule has 0 radical (unpaired) electrons. The molecule has 2 fully saturated rings. The zero-order chi connectivity index (χ0) is 17.5. The predicted molar refractivity (Wildman–Crippen MR) is 116 cm³/mol. The van der Waals surface area contributed by atoms with E-state index in [2.05, 4.69) is 48.7 Å². The summed E-state index contributed by atoms with van der Waals surface area (Å²) in [5.74, 6) is 1.34. The summed E-state index contributed by atoms with van der Waals surface area (Å²) < 4.78 is 11.8. The Bertz CT molecular complexity index is 561. The number of guanidine groups is 1. The summed E-state index contributed by atoms with van der Waals surface area (Å²) in [7, 11) is 0. The van der Waals surface area contributed by atoms with Crippen LogP contribution in [0.4, 0.5) is 0 Å². The molecule has 3 unspecified atom stereocenters. The average molecular weight is 473 g/mol. The topological polar surface area (TPSA) is 54.9 Å². The summed E-state index contributed by atoms with van der Waals surface area (Å²) in [4.78, 5) is 4.75. The lowest BCUT2D eigenvalue weighted by atomic mass is 9.95. The third-order valence-electron chi connectivity index (χ3n) is 5.09. The van der Waals surface area contributed by atoms with Crippen molar-refractivity contribution in [2.75, 3.05) is 32.8 Å². The first kappa shape index (κ1) is 21.4. The number of benzene rings is 1. The maximum Gasteiger partial charge on any atom is 0.191 e. The molecule has 3 atom stereocenters. The van der Waals surface area contributed by atoms with Gasteiger partial charge in [0.25, 0.3) is 0 Å². The van der Waals surface area contributed by atoms with Gasteiger partial charge in [-0.3, -0.25) is 4.99 Å². The van der Waals surface area contributed by atoms with Crippen molar-refractivity contribution in [1.29, 1.82) is 0 Å². The Morgan fingerprint density at radius 1 is 1.23 bits per heavy atom. The van der Waals surface area contributed by atoms with Crippen molar-refractivity contribution in [3.63, 3.8) is 0 Å². The van der Waals surface area contributed by atoms with Crippen molar-refractivity contribution in [2.45, 2.75) is 44.8 Å². The van der Waals surface area contributed by atoms with Gasteiger partial charge in [-0.2, -0.15) is 0 Å². The van der Waals surface area contributed by atoms with Crippen molar-refractivity contribution >= 4 is 29.9 Å². The van der Waals surface area contributed by atoms with Crippen LogP contribution in [0.2, 0.25) is 0 Å². The first-order chi connectivity index (χ1) is 12.2. The number of ether oxygens (including phenoxy) is 2. The molecule has 26 heavy (non-hydrogen) atoms. The second-order valence-electron chi connectivity index (χ2n) is 7.23. The quantitative estimate of drug-likeness (QED) is 0.377. The van der Waals surface area contributed by atoms with Gasteiger partial charge in [-0.15, -0.1) is 24.0 Å². The SMILES string of the molecule is CCNC(=NCC1(C)CCCO1)NCC1CCOC1c1ccccc1.I. The van der Waals surface area contributed by atoms with Crippen LogP contribution in [0.1, 0.15) is 44.8 Å². The lowest BCUT2D eigenvalue weighted by molar-refractivity contribution is 0.0283. The first-order valence-electron chi connectivity index (χ1n) is 9.53. The highest BCUT2D eigenvalue weighted by molar-refractivity contribution is 14.0. The molecule has 1 aromatic rings. The molecule has 0 aromatic heterocycles. The fourth-order valence-corrected chi connectivity index (χ4v) is 3.63. The Balaban J connectivity index is 0.00000243. The molecule has 146 valence electrons. The highest BCUT2D eigenvalue weighted by atomic mass is 127. The highest BCUT2D eigenvalue weighted by Crippen LogP contribution is 2.33. The van der Waals surface area contributed by atoms with E-state index in [1.54, 1.807) is 0 Å². The Hall–Kier alpha value is -0.860. The van der Waals surface area contributed by atoms with Gasteiger partial charge in [0.2, 0.25) is 0 Å². The summed E-state index contributed by atoms with van der Waals surface area (Å²) >= 11 is 0. The number of nitrogens with one attached hydrogen (secondary N) is 2. The second-order valence-corrected chi connectivity index (χ2v) is 7.23. The van der Waals surface area contributed by atoms with Gasteiger partial charge in [0, 0.05) is 32.2 Å². The monoisotopic (exact) mass is 473 g/mol. The van der Waals surface area contributed by atoms with Crippen molar-refractivity contribution in [1.82, 2.24) is 10.6 Å². The summed E-state index contributed by atoms with van der Waals surface area (Å²) in [6.07, 6.45) is 3.47. The minimum atomic E-state index is -0.106. The number of hydrogen-bond acceptors (Lipinski definition) is 3. The Morgan fingerprint density at radius 3 is 2.73 bits per heavy atom. The smallest absolute Gasteiger partial charge is 0.191 e. The minimum absolute atomic E-state index is 0. The largest absolute Gasteiger partial charge is 0.373 e. The van der Waals surface area contributed by atoms with Crippen LogP contribution < -0.4 is 10.6 Å². The first-order valence-corrected chi connectivity index (χ1v) is 9.53. The van der Waals surface area contributed by atoms with E-state index in [9.17, 15) is 0 Å². The van der Waals surface area contributed by atoms with Gasteiger partial charge in [-0.05, 0) is 38.7 Å². The van der Waals surface area contributed by atoms with Crippen LogP contribution in [0.25, 0.3) is 0 Å². The molecule has 6 heteroatoms. The number of rotatable bonds is 6.